The van der Waals surface area contributed by atoms with Crippen LogP contribution in [0.2, 0.25) is 0 Å². The van der Waals surface area contributed by atoms with Gasteiger partial charge < -0.3 is 14.5 Å². The molecule has 116 valence electrons. The SMILES string of the molecule is CCCN1CCC(n2c(C)nc3cnc4[nH]ccc4c32)CC1. The average Bonchev–Trinajstić information content (AvgIpc) is 3.11. The molecule has 0 bridgehead atoms. The second kappa shape index (κ2) is 5.39. The van der Waals surface area contributed by atoms with Crippen molar-refractivity contribution in [1.82, 2.24) is 24.4 Å². The number of aromatic nitrogens is 4. The molecule has 4 heterocycles. The molecule has 0 aliphatic carbocycles. The molecule has 0 unspecified atom stereocenters. The van der Waals surface area contributed by atoms with Gasteiger partial charge in [0.15, 0.2) is 0 Å². The first-order chi connectivity index (χ1) is 10.8. The fourth-order valence-corrected chi connectivity index (χ4v) is 3.87. The van der Waals surface area contributed by atoms with Crippen LogP contribution >= 0.6 is 0 Å². The standard InChI is InChI=1S/C17H23N5/c1-3-8-21-9-5-13(6-10-21)22-12(2)20-15-11-19-17-14(16(15)22)4-7-18-17/h4,7,11,13H,3,5-6,8-10H2,1-2H3,(H,18,19). The van der Waals surface area contributed by atoms with E-state index in [0.29, 0.717) is 6.04 Å². The van der Waals surface area contributed by atoms with Crippen molar-refractivity contribution in [1.29, 1.82) is 0 Å². The third-order valence-corrected chi connectivity index (χ3v) is 4.87. The van der Waals surface area contributed by atoms with Crippen LogP contribution in [-0.2, 0) is 0 Å². The first-order valence-electron chi connectivity index (χ1n) is 8.31. The molecule has 1 aliphatic rings. The maximum atomic E-state index is 4.75. The Morgan fingerprint density at radius 1 is 1.32 bits per heavy atom. The fraction of sp³-hybridized carbons (Fsp3) is 0.529. The molecule has 5 nitrogen and oxygen atoms in total. The van der Waals surface area contributed by atoms with Gasteiger partial charge in [-0.25, -0.2) is 9.97 Å². The Kier molecular flexibility index (Phi) is 3.37. The van der Waals surface area contributed by atoms with Gasteiger partial charge in [-0.2, -0.15) is 0 Å². The summed E-state index contributed by atoms with van der Waals surface area (Å²) in [5, 5.41) is 1.19. The number of imidazole rings is 1. The second-order valence-electron chi connectivity index (χ2n) is 6.33. The lowest BCUT2D eigenvalue weighted by atomic mass is 10.0. The molecule has 0 aromatic carbocycles. The lowest BCUT2D eigenvalue weighted by Gasteiger charge is -2.33. The van der Waals surface area contributed by atoms with E-state index >= 15 is 0 Å². The molecule has 22 heavy (non-hydrogen) atoms. The summed E-state index contributed by atoms with van der Waals surface area (Å²) < 4.78 is 2.45. The van der Waals surface area contributed by atoms with E-state index in [4.69, 9.17) is 4.98 Å². The van der Waals surface area contributed by atoms with Crippen LogP contribution in [0.25, 0.3) is 22.1 Å². The zero-order valence-corrected chi connectivity index (χ0v) is 13.3. The third kappa shape index (κ3) is 2.11. The number of H-pyrrole nitrogens is 1. The Labute approximate surface area is 130 Å². The van der Waals surface area contributed by atoms with Crippen LogP contribution in [0.3, 0.4) is 0 Å². The van der Waals surface area contributed by atoms with Gasteiger partial charge in [-0.05, 0) is 38.8 Å². The predicted octanol–water partition coefficient (Wildman–Crippen LogP) is 3.27. The van der Waals surface area contributed by atoms with Crippen molar-refractivity contribution in [2.24, 2.45) is 0 Å². The van der Waals surface area contributed by atoms with E-state index < -0.39 is 0 Å². The van der Waals surface area contributed by atoms with Gasteiger partial charge >= 0.3 is 0 Å². The zero-order chi connectivity index (χ0) is 15.1. The zero-order valence-electron chi connectivity index (χ0n) is 13.3. The van der Waals surface area contributed by atoms with Crippen LogP contribution in [-0.4, -0.2) is 44.1 Å². The molecular formula is C17H23N5. The van der Waals surface area contributed by atoms with E-state index in [1.54, 1.807) is 0 Å². The Hall–Kier alpha value is -1.88. The highest BCUT2D eigenvalue weighted by Crippen LogP contribution is 2.31. The molecule has 0 saturated carbocycles. The van der Waals surface area contributed by atoms with Crippen molar-refractivity contribution in [2.75, 3.05) is 19.6 Å². The number of aromatic amines is 1. The maximum Gasteiger partial charge on any atom is 0.139 e. The van der Waals surface area contributed by atoms with Gasteiger partial charge in [0.2, 0.25) is 0 Å². The van der Waals surface area contributed by atoms with E-state index in [-0.39, 0.29) is 0 Å². The van der Waals surface area contributed by atoms with Gasteiger partial charge in [-0.3, -0.25) is 0 Å². The van der Waals surface area contributed by atoms with Gasteiger partial charge in [-0.15, -0.1) is 0 Å². The number of fused-ring (bicyclic) bond motifs is 3. The molecule has 0 radical (unpaired) electrons. The van der Waals surface area contributed by atoms with E-state index in [1.165, 1.54) is 49.8 Å². The van der Waals surface area contributed by atoms with Crippen LogP contribution in [0.1, 0.15) is 38.1 Å². The third-order valence-electron chi connectivity index (χ3n) is 4.87. The minimum absolute atomic E-state index is 0.554. The number of likely N-dealkylation sites (tertiary alicyclic amines) is 1. The highest BCUT2D eigenvalue weighted by atomic mass is 15.2. The first-order valence-corrected chi connectivity index (χ1v) is 8.31. The number of pyridine rings is 1. The highest BCUT2D eigenvalue weighted by Gasteiger charge is 2.24. The fourth-order valence-electron chi connectivity index (χ4n) is 3.87. The number of aryl methyl sites for hydroxylation is 1. The largest absolute Gasteiger partial charge is 0.346 e. The number of piperidine rings is 1. The molecule has 1 saturated heterocycles. The minimum Gasteiger partial charge on any atom is -0.346 e. The lowest BCUT2D eigenvalue weighted by Crippen LogP contribution is -2.35. The van der Waals surface area contributed by atoms with Crippen molar-refractivity contribution in [2.45, 2.75) is 39.2 Å². The average molecular weight is 297 g/mol. The molecule has 5 heteroatoms. The summed E-state index contributed by atoms with van der Waals surface area (Å²) in [5.41, 5.74) is 3.22. The number of hydrogen-bond donors (Lipinski definition) is 1. The van der Waals surface area contributed by atoms with Crippen LogP contribution in [0.15, 0.2) is 18.5 Å². The van der Waals surface area contributed by atoms with Crippen LogP contribution < -0.4 is 0 Å². The normalized spacial score (nSPS) is 17.7. The molecule has 4 rings (SSSR count). The molecule has 1 fully saturated rings. The Balaban J connectivity index is 1.75. The summed E-state index contributed by atoms with van der Waals surface area (Å²) in [6.45, 7) is 7.99. The summed E-state index contributed by atoms with van der Waals surface area (Å²) in [5.74, 6) is 1.11. The maximum absolute atomic E-state index is 4.75. The molecule has 0 amide bonds. The summed E-state index contributed by atoms with van der Waals surface area (Å²) >= 11 is 0. The number of nitrogens with one attached hydrogen (secondary N) is 1. The van der Waals surface area contributed by atoms with Crippen molar-refractivity contribution in [3.05, 3.63) is 24.3 Å². The van der Waals surface area contributed by atoms with Crippen molar-refractivity contribution in [3.63, 3.8) is 0 Å². The van der Waals surface area contributed by atoms with Crippen molar-refractivity contribution >= 4 is 22.1 Å². The number of nitrogens with zero attached hydrogens (tertiary/aromatic N) is 4. The summed E-state index contributed by atoms with van der Waals surface area (Å²) in [6, 6.07) is 2.67. The molecule has 3 aromatic heterocycles. The molecule has 0 spiro atoms. The first kappa shape index (κ1) is 13.8. The summed E-state index contributed by atoms with van der Waals surface area (Å²) in [4.78, 5) is 15.0. The van der Waals surface area contributed by atoms with E-state index in [2.05, 4.69) is 39.3 Å². The monoisotopic (exact) mass is 297 g/mol. The van der Waals surface area contributed by atoms with Crippen molar-refractivity contribution in [3.8, 4) is 0 Å². The van der Waals surface area contributed by atoms with Gasteiger partial charge in [0.25, 0.3) is 0 Å². The van der Waals surface area contributed by atoms with Gasteiger partial charge in [-0.1, -0.05) is 6.92 Å². The highest BCUT2D eigenvalue weighted by molar-refractivity contribution is 6.01. The molecule has 1 N–H and O–H groups in total. The predicted molar refractivity (Wildman–Crippen MR) is 89.1 cm³/mol. The summed E-state index contributed by atoms with van der Waals surface area (Å²) in [7, 11) is 0. The summed E-state index contributed by atoms with van der Waals surface area (Å²) in [6.07, 6.45) is 7.52. The minimum atomic E-state index is 0.554. The van der Waals surface area contributed by atoms with Gasteiger partial charge in [0.1, 0.15) is 17.0 Å². The van der Waals surface area contributed by atoms with Crippen molar-refractivity contribution < 1.29 is 0 Å². The van der Waals surface area contributed by atoms with Crippen LogP contribution in [0.4, 0.5) is 0 Å². The van der Waals surface area contributed by atoms with Crippen LogP contribution in [0, 0.1) is 6.92 Å². The van der Waals surface area contributed by atoms with Crippen LogP contribution in [0.5, 0.6) is 0 Å². The van der Waals surface area contributed by atoms with E-state index in [1.807, 2.05) is 12.4 Å². The Morgan fingerprint density at radius 3 is 2.91 bits per heavy atom. The Bertz CT molecular complexity index is 792. The van der Waals surface area contributed by atoms with Gasteiger partial charge in [0, 0.05) is 30.7 Å². The lowest BCUT2D eigenvalue weighted by molar-refractivity contribution is 0.188. The number of hydrogen-bond acceptors (Lipinski definition) is 3. The molecule has 1 aliphatic heterocycles. The molecule has 3 aromatic rings. The number of rotatable bonds is 3. The molecular weight excluding hydrogens is 274 g/mol. The molecule has 0 atom stereocenters. The smallest absolute Gasteiger partial charge is 0.139 e. The van der Waals surface area contributed by atoms with Gasteiger partial charge in [0.05, 0.1) is 11.7 Å². The Morgan fingerprint density at radius 2 is 2.14 bits per heavy atom. The quantitative estimate of drug-likeness (QED) is 0.807. The second-order valence-corrected chi connectivity index (χ2v) is 6.33. The van der Waals surface area contributed by atoms with E-state index in [9.17, 15) is 0 Å². The van der Waals surface area contributed by atoms with E-state index in [0.717, 1.165) is 17.0 Å². The topological polar surface area (TPSA) is 49.7 Å².